The fraction of sp³-hybridized carbons (Fsp3) is 0.148. The topological polar surface area (TPSA) is 236 Å². The lowest BCUT2D eigenvalue weighted by molar-refractivity contribution is -0.120. The predicted octanol–water partition coefficient (Wildman–Crippen LogP) is 17.1. The van der Waals surface area contributed by atoms with E-state index in [1.54, 1.807) is 132 Å². The molecule has 0 spiro atoms. The summed E-state index contributed by atoms with van der Waals surface area (Å²) in [7, 11) is 6.67. The Labute approximate surface area is 663 Å². The predicted molar refractivity (Wildman–Crippen MR) is 440 cm³/mol. The Kier molecular flexibility index (Phi) is 25.0. The van der Waals surface area contributed by atoms with Crippen molar-refractivity contribution in [2.45, 2.75) is 58.8 Å². The standard InChI is InChI=1S/C23H20ClN3O2.2C21H16ClN3O2.C21H17ClN2O2.2CH4/c1-14-11-17(9-10-25-14)16-5-3-15(4-6-16)12-20-23(29)27(2)21-8-7-18(24)13-19(21)22(28)26-20;1-25-18-7-6-16(22)12-17(18)20(26)24-19(21(25)27)15-4-2-13(3-5-15)14-8-10-23-11-9-14;1-25-18-9-8-16(22)11-17(18)20(26)24-19(21(25)27)14-6-4-13(5-7-14)15-3-2-10-23-12-15;1-24-18-11-10-16(22)12-17(18)20(25)23-19(21(24)26)15-8-6-14(7-9-15)13-4-2-3-5-13;;/h3-11,13,20H,12H2,1-2H3,(H,26,28);2*2-12,19H,1H3,(H,24,26);2,4-12,19H,3H2,1H3,(H,23,25);2*1H4. The van der Waals surface area contributed by atoms with Gasteiger partial charge in [-0.3, -0.25) is 53.3 Å². The van der Waals surface area contributed by atoms with E-state index in [2.05, 4.69) is 54.4 Å². The largest absolute Gasteiger partial charge is 0.340 e. The van der Waals surface area contributed by atoms with Crippen molar-refractivity contribution >= 4 is 122 Å². The maximum Gasteiger partial charge on any atom is 0.254 e. The molecule has 8 amide bonds. The third-order valence-electron chi connectivity index (χ3n) is 19.2. The first-order valence-corrected chi connectivity index (χ1v) is 36.1. The van der Waals surface area contributed by atoms with E-state index in [1.807, 2.05) is 140 Å². The summed E-state index contributed by atoms with van der Waals surface area (Å²) in [6, 6.07) is 59.4. The summed E-state index contributed by atoms with van der Waals surface area (Å²) in [6.45, 7) is 1.96. The number of hydrogen-bond donors (Lipinski definition) is 4. The van der Waals surface area contributed by atoms with Gasteiger partial charge in [-0.1, -0.05) is 183 Å². The van der Waals surface area contributed by atoms with Gasteiger partial charge in [0.2, 0.25) is 5.91 Å². The SMILES string of the molecule is C.C.CN1C(=O)C(c2ccc(-c3cccnc3)cc2)NC(=O)c2cc(Cl)ccc21.CN1C(=O)C(c2ccc(-c3ccncc3)cc2)NC(=O)c2cc(Cl)ccc21.CN1C(=O)C(c2ccc(C3=CCC=C3)cc2)NC(=O)c2cc(Cl)ccc21.Cc1cc(-c2ccc(CC3NC(=O)c4cc(Cl)ccc4N(C)C3=O)cc2)ccn1. The smallest absolute Gasteiger partial charge is 0.254 e. The third kappa shape index (κ3) is 17.7. The first-order valence-electron chi connectivity index (χ1n) is 34.6. The number of rotatable bonds is 9. The van der Waals surface area contributed by atoms with Crippen LogP contribution in [-0.4, -0.2) is 96.4 Å². The molecule has 5 aliphatic rings. The molecule has 0 fully saturated rings. The number of nitrogens with zero attached hydrogens (tertiary/aromatic N) is 7. The van der Waals surface area contributed by atoms with Crippen LogP contribution < -0.4 is 40.9 Å². The van der Waals surface area contributed by atoms with Crippen LogP contribution in [0.1, 0.15) is 114 Å². The highest BCUT2D eigenvalue weighted by molar-refractivity contribution is 6.33. The van der Waals surface area contributed by atoms with Gasteiger partial charge in [-0.2, -0.15) is 0 Å². The molecule has 4 atom stereocenters. The van der Waals surface area contributed by atoms with Crippen LogP contribution in [0.3, 0.4) is 0 Å². The summed E-state index contributed by atoms with van der Waals surface area (Å²) in [5.74, 6) is -2.02. The minimum atomic E-state index is -0.767. The highest BCUT2D eigenvalue weighted by atomic mass is 35.5. The number of halogens is 4. The van der Waals surface area contributed by atoms with E-state index in [-0.39, 0.29) is 62.1 Å². The number of carbonyl (C=O) groups excluding carboxylic acids is 8. The molecule has 19 nitrogen and oxygen atoms in total. The zero-order chi connectivity index (χ0) is 76.7. The number of anilines is 4. The number of nitrogens with one attached hydrogen (secondary N) is 4. The number of hydrogen-bond acceptors (Lipinski definition) is 11. The van der Waals surface area contributed by atoms with Crippen LogP contribution in [-0.2, 0) is 25.6 Å². The molecule has 0 radical (unpaired) electrons. The van der Waals surface area contributed by atoms with Gasteiger partial charge in [-0.15, -0.1) is 0 Å². The lowest BCUT2D eigenvalue weighted by Gasteiger charge is -2.21. The van der Waals surface area contributed by atoms with E-state index < -0.39 is 24.2 Å². The van der Waals surface area contributed by atoms with E-state index in [9.17, 15) is 38.4 Å². The fourth-order valence-electron chi connectivity index (χ4n) is 13.3. The van der Waals surface area contributed by atoms with Crippen LogP contribution in [0.4, 0.5) is 22.7 Å². The average molecular weight is 1560 g/mol. The Morgan fingerprint density at radius 1 is 0.378 bits per heavy atom. The number of aromatic nitrogens is 3. The van der Waals surface area contributed by atoms with Crippen molar-refractivity contribution in [1.82, 2.24) is 36.2 Å². The van der Waals surface area contributed by atoms with Gasteiger partial charge in [-0.05, 0) is 183 Å². The van der Waals surface area contributed by atoms with E-state index in [0.29, 0.717) is 77.1 Å². The normalized spacial score (nSPS) is 16.7. The number of allylic oxidation sites excluding steroid dienone is 4. The number of fused-ring (bicyclic) bond motifs is 4. The molecule has 0 saturated heterocycles. The van der Waals surface area contributed by atoms with Crippen molar-refractivity contribution in [3.8, 4) is 33.4 Å². The van der Waals surface area contributed by atoms with E-state index in [1.165, 1.54) is 25.2 Å². The van der Waals surface area contributed by atoms with E-state index >= 15 is 0 Å². The van der Waals surface area contributed by atoms with Gasteiger partial charge in [0.25, 0.3) is 41.4 Å². The van der Waals surface area contributed by atoms with Crippen molar-refractivity contribution in [2.75, 3.05) is 47.8 Å². The first kappa shape index (κ1) is 79.6. The van der Waals surface area contributed by atoms with Crippen LogP contribution in [0.15, 0.2) is 255 Å². The van der Waals surface area contributed by atoms with Crippen LogP contribution in [0.5, 0.6) is 0 Å². The Balaban J connectivity index is 0.000000146. The molecule has 3 aromatic heterocycles. The summed E-state index contributed by atoms with van der Waals surface area (Å²) >= 11 is 24.1. The van der Waals surface area contributed by atoms with Gasteiger partial charge < -0.3 is 40.9 Å². The Morgan fingerprint density at radius 2 is 0.748 bits per heavy atom. The van der Waals surface area contributed by atoms with Crippen molar-refractivity contribution < 1.29 is 38.4 Å². The molecule has 1 aliphatic carbocycles. The van der Waals surface area contributed by atoms with Crippen molar-refractivity contribution in [1.29, 1.82) is 0 Å². The minimum absolute atomic E-state index is 0. The van der Waals surface area contributed by atoms with Crippen molar-refractivity contribution in [2.24, 2.45) is 0 Å². The Hall–Kier alpha value is -12.4. The summed E-state index contributed by atoms with van der Waals surface area (Å²) in [5.41, 5.74) is 16.3. The van der Waals surface area contributed by atoms with Crippen LogP contribution in [0, 0.1) is 6.92 Å². The molecule has 16 rings (SSSR count). The second kappa shape index (κ2) is 34.9. The molecule has 8 aromatic carbocycles. The van der Waals surface area contributed by atoms with Gasteiger partial charge >= 0.3 is 0 Å². The molecule has 0 saturated carbocycles. The molecule has 23 heteroatoms. The molecule has 4 N–H and O–H groups in total. The summed E-state index contributed by atoms with van der Waals surface area (Å²) in [5, 5.41) is 13.1. The third-order valence-corrected chi connectivity index (χ3v) is 20.2. The lowest BCUT2D eigenvalue weighted by Crippen LogP contribution is -2.45. The van der Waals surface area contributed by atoms with Crippen LogP contribution in [0.25, 0.3) is 39.0 Å². The van der Waals surface area contributed by atoms with Crippen LogP contribution >= 0.6 is 46.4 Å². The first-order chi connectivity index (χ1) is 52.5. The number of aryl methyl sites for hydroxylation is 1. The Bertz CT molecular complexity index is 5270. The molecule has 111 heavy (non-hydrogen) atoms. The summed E-state index contributed by atoms with van der Waals surface area (Å²) in [4.78, 5) is 121. The van der Waals surface area contributed by atoms with E-state index in [4.69, 9.17) is 46.4 Å². The number of carbonyl (C=O) groups is 8. The number of benzene rings is 8. The molecule has 4 unspecified atom stereocenters. The molecule has 560 valence electrons. The van der Waals surface area contributed by atoms with Crippen molar-refractivity contribution in [3.05, 3.63) is 331 Å². The molecule has 4 aliphatic heterocycles. The number of pyridine rings is 3. The van der Waals surface area contributed by atoms with Crippen LogP contribution in [0.2, 0.25) is 20.1 Å². The van der Waals surface area contributed by atoms with E-state index in [0.717, 1.165) is 67.7 Å². The Morgan fingerprint density at radius 3 is 1.14 bits per heavy atom. The highest BCUT2D eigenvalue weighted by Crippen LogP contribution is 2.36. The second-order valence-corrected chi connectivity index (χ2v) is 28.0. The van der Waals surface area contributed by atoms with Crippen molar-refractivity contribution in [3.63, 3.8) is 0 Å². The van der Waals surface area contributed by atoms with Gasteiger partial charge in [0.15, 0.2) is 0 Å². The average Bonchev–Trinajstić information content (AvgIpc) is 1.67. The summed E-state index contributed by atoms with van der Waals surface area (Å²) < 4.78 is 0. The summed E-state index contributed by atoms with van der Waals surface area (Å²) in [6.07, 6.45) is 16.5. The molecule has 0 bridgehead atoms. The quantitative estimate of drug-likeness (QED) is 0.106. The molecule has 7 heterocycles. The number of likely N-dealkylation sites (N-methyl/N-ethyl adjacent to an activating group) is 4. The van der Waals surface area contributed by atoms with Gasteiger partial charge in [0.1, 0.15) is 24.2 Å². The zero-order valence-corrected chi connectivity index (χ0v) is 62.4. The number of amides is 8. The zero-order valence-electron chi connectivity index (χ0n) is 59.4. The molecular weight excluding hydrogens is 1480 g/mol. The van der Waals surface area contributed by atoms with Gasteiger partial charge in [-0.25, -0.2) is 0 Å². The lowest BCUT2D eigenvalue weighted by atomic mass is 10.0. The maximum atomic E-state index is 13.0. The van der Waals surface area contributed by atoms with Gasteiger partial charge in [0, 0.05) is 91.4 Å². The fourth-order valence-corrected chi connectivity index (χ4v) is 14.0. The molecular formula is C88H77Cl4N11O8. The monoisotopic (exact) mass is 1560 g/mol. The minimum Gasteiger partial charge on any atom is -0.340 e. The molecule has 11 aromatic rings. The van der Waals surface area contributed by atoms with Gasteiger partial charge in [0.05, 0.1) is 45.0 Å². The highest BCUT2D eigenvalue weighted by Gasteiger charge is 2.37. The maximum absolute atomic E-state index is 13.0. The second-order valence-electron chi connectivity index (χ2n) is 26.2.